The third-order valence-corrected chi connectivity index (χ3v) is 4.10. The highest BCUT2D eigenvalue weighted by Crippen LogP contribution is 2.28. The van der Waals surface area contributed by atoms with Gasteiger partial charge in [-0.25, -0.2) is 0 Å². The van der Waals surface area contributed by atoms with E-state index in [4.69, 9.17) is 10.8 Å². The van der Waals surface area contributed by atoms with Crippen LogP contribution in [0.1, 0.15) is 30.0 Å². The van der Waals surface area contributed by atoms with E-state index < -0.39 is 0 Å². The molecule has 0 aliphatic carbocycles. The molecule has 2 aromatic carbocycles. The summed E-state index contributed by atoms with van der Waals surface area (Å²) in [7, 11) is 0. The number of rotatable bonds is 8. The molecule has 0 aliphatic heterocycles. The molecule has 3 N–H and O–H groups in total. The maximum atomic E-state index is 8.08. The Balaban J connectivity index is 2.49. The molecule has 0 bridgehead atoms. The summed E-state index contributed by atoms with van der Waals surface area (Å²) in [6.45, 7) is 7.80. The molecule has 132 valence electrons. The Hall–Kier alpha value is -3.20. The average Bonchev–Trinajstić information content (AvgIpc) is 2.66. The van der Waals surface area contributed by atoms with Gasteiger partial charge in [0.25, 0.3) is 0 Å². The first-order valence-corrected chi connectivity index (χ1v) is 8.58. The van der Waals surface area contributed by atoms with E-state index >= 15 is 0 Å². The van der Waals surface area contributed by atoms with Crippen LogP contribution >= 0.6 is 0 Å². The van der Waals surface area contributed by atoms with Crippen LogP contribution in [-0.4, -0.2) is 11.9 Å². The summed E-state index contributed by atoms with van der Waals surface area (Å²) in [5, 5.41) is 18.3. The molecule has 0 aliphatic rings. The minimum absolute atomic E-state index is 0.351. The van der Waals surface area contributed by atoms with Crippen molar-refractivity contribution in [3.05, 3.63) is 90.3 Å². The smallest absolute Gasteiger partial charge is 0.0439 e. The van der Waals surface area contributed by atoms with Crippen LogP contribution in [0.25, 0.3) is 16.7 Å². The van der Waals surface area contributed by atoms with Gasteiger partial charge < -0.3 is 16.1 Å². The van der Waals surface area contributed by atoms with Gasteiger partial charge in [-0.2, -0.15) is 0 Å². The topological polar surface area (TPSA) is 59.7 Å². The van der Waals surface area contributed by atoms with Gasteiger partial charge in [0.1, 0.15) is 0 Å². The van der Waals surface area contributed by atoms with Crippen LogP contribution in [0, 0.1) is 17.7 Å². The van der Waals surface area contributed by atoms with Gasteiger partial charge in [-0.1, -0.05) is 49.1 Å². The van der Waals surface area contributed by atoms with Crippen molar-refractivity contribution in [1.82, 2.24) is 5.32 Å². The lowest BCUT2D eigenvalue weighted by Crippen LogP contribution is -1.99. The second-order valence-corrected chi connectivity index (χ2v) is 5.97. The van der Waals surface area contributed by atoms with Crippen molar-refractivity contribution in [2.24, 2.45) is 0 Å². The fraction of sp³-hybridized carbons (Fsp3) is 0.130. The van der Waals surface area contributed by atoms with Crippen molar-refractivity contribution in [3.8, 4) is 11.1 Å². The third-order valence-electron chi connectivity index (χ3n) is 4.10. The fourth-order valence-corrected chi connectivity index (χ4v) is 2.76. The molecule has 26 heavy (non-hydrogen) atoms. The third kappa shape index (κ3) is 4.67. The van der Waals surface area contributed by atoms with E-state index in [-0.39, 0.29) is 0 Å². The quantitative estimate of drug-likeness (QED) is 0.416. The predicted octanol–water partition coefficient (Wildman–Crippen LogP) is 5.72. The van der Waals surface area contributed by atoms with Crippen LogP contribution < -0.4 is 5.32 Å². The van der Waals surface area contributed by atoms with Gasteiger partial charge in [0, 0.05) is 24.5 Å². The van der Waals surface area contributed by atoms with E-state index in [2.05, 4.69) is 49.2 Å². The number of nitrogens with one attached hydrogen (secondary N) is 3. The molecule has 0 radical (unpaired) electrons. The van der Waals surface area contributed by atoms with Crippen molar-refractivity contribution >= 4 is 17.5 Å². The van der Waals surface area contributed by atoms with Crippen molar-refractivity contribution in [3.63, 3.8) is 0 Å². The summed E-state index contributed by atoms with van der Waals surface area (Å²) < 4.78 is 0. The Labute approximate surface area is 155 Å². The van der Waals surface area contributed by atoms with Gasteiger partial charge in [0.05, 0.1) is 0 Å². The van der Waals surface area contributed by atoms with Crippen LogP contribution in [0.15, 0.2) is 73.6 Å². The van der Waals surface area contributed by atoms with Crippen LogP contribution in [-0.2, 0) is 0 Å². The van der Waals surface area contributed by atoms with E-state index in [1.165, 1.54) is 11.8 Å². The maximum absolute atomic E-state index is 8.08. The zero-order valence-corrected chi connectivity index (χ0v) is 15.3. The highest BCUT2D eigenvalue weighted by molar-refractivity contribution is 6.05. The molecule has 0 aromatic heterocycles. The molecule has 0 unspecified atom stereocenters. The molecule has 0 atom stereocenters. The van der Waals surface area contributed by atoms with Crippen molar-refractivity contribution in [2.75, 3.05) is 0 Å². The lowest BCUT2D eigenvalue weighted by atomic mass is 9.94. The van der Waals surface area contributed by atoms with E-state index in [1.807, 2.05) is 37.4 Å². The van der Waals surface area contributed by atoms with Gasteiger partial charge in [0.15, 0.2) is 0 Å². The summed E-state index contributed by atoms with van der Waals surface area (Å²) in [5.74, 6) is 0. The Morgan fingerprint density at radius 2 is 1.92 bits per heavy atom. The monoisotopic (exact) mass is 343 g/mol. The molecule has 0 amide bonds. The summed E-state index contributed by atoms with van der Waals surface area (Å²) in [4.78, 5) is 0. The second-order valence-electron chi connectivity index (χ2n) is 5.97. The second kappa shape index (κ2) is 9.33. The SMILES string of the molecule is C=CN/C=C(\C=C/C)c1cc(-c2cccc(C(=N)CC=N)c2)ccc1C. The number of benzene rings is 2. The minimum Gasteiger partial charge on any atom is -0.368 e. The first kappa shape index (κ1) is 19.1. The molecule has 0 saturated carbocycles. The Bertz CT molecular complexity index is 873. The van der Waals surface area contributed by atoms with E-state index in [9.17, 15) is 0 Å². The average molecular weight is 343 g/mol. The lowest BCUT2D eigenvalue weighted by Gasteiger charge is -2.12. The molecule has 0 heterocycles. The highest BCUT2D eigenvalue weighted by atomic mass is 14.8. The van der Waals surface area contributed by atoms with Crippen LogP contribution in [0.3, 0.4) is 0 Å². The molecule has 3 heteroatoms. The standard InChI is InChI=1S/C23H25N3/c1-4-7-21(16-26-5-2)22-15-19(11-10-17(22)3)18-8-6-9-20(14-18)23(25)12-13-24/h4-11,13-16,24-26H,2,12H2,1,3H3/b7-4-,21-16+,24-13?,25-23?. The van der Waals surface area contributed by atoms with E-state index in [0.717, 1.165) is 27.8 Å². The van der Waals surface area contributed by atoms with Gasteiger partial charge >= 0.3 is 0 Å². The Morgan fingerprint density at radius 1 is 1.15 bits per heavy atom. The van der Waals surface area contributed by atoms with Gasteiger partial charge in [-0.05, 0) is 65.6 Å². The lowest BCUT2D eigenvalue weighted by molar-refractivity contribution is 1.20. The first-order chi connectivity index (χ1) is 12.6. The first-order valence-electron chi connectivity index (χ1n) is 8.58. The predicted molar refractivity (Wildman–Crippen MR) is 113 cm³/mol. The number of hydrogen-bond acceptors (Lipinski definition) is 3. The van der Waals surface area contributed by atoms with Gasteiger partial charge in [-0.15, -0.1) is 0 Å². The molecular formula is C23H25N3. The summed E-state index contributed by atoms with van der Waals surface area (Å²) in [5.41, 5.74) is 6.90. The number of allylic oxidation sites excluding steroid dienone is 3. The molecule has 0 spiro atoms. The van der Waals surface area contributed by atoms with E-state index in [1.54, 1.807) is 6.20 Å². The minimum atomic E-state index is 0.351. The van der Waals surface area contributed by atoms with Crippen molar-refractivity contribution < 1.29 is 0 Å². The largest absolute Gasteiger partial charge is 0.368 e. The molecule has 0 fully saturated rings. The van der Waals surface area contributed by atoms with Crippen LogP contribution in [0.2, 0.25) is 0 Å². The highest BCUT2D eigenvalue weighted by Gasteiger charge is 2.08. The number of aryl methyl sites for hydroxylation is 1. The molecule has 0 saturated heterocycles. The number of hydrogen-bond donors (Lipinski definition) is 3. The zero-order chi connectivity index (χ0) is 18.9. The van der Waals surface area contributed by atoms with Gasteiger partial charge in [0.2, 0.25) is 0 Å². The zero-order valence-electron chi connectivity index (χ0n) is 15.3. The van der Waals surface area contributed by atoms with Gasteiger partial charge in [-0.3, -0.25) is 0 Å². The summed E-state index contributed by atoms with van der Waals surface area (Å²) in [6.07, 6.45) is 9.29. The van der Waals surface area contributed by atoms with Crippen molar-refractivity contribution in [2.45, 2.75) is 20.3 Å². The summed E-state index contributed by atoms with van der Waals surface area (Å²) in [6, 6.07) is 14.3. The van der Waals surface area contributed by atoms with Crippen molar-refractivity contribution in [1.29, 1.82) is 10.8 Å². The normalized spacial score (nSPS) is 11.4. The summed E-state index contributed by atoms with van der Waals surface area (Å²) >= 11 is 0. The molecule has 2 rings (SSSR count). The fourth-order valence-electron chi connectivity index (χ4n) is 2.76. The van der Waals surface area contributed by atoms with Crippen LogP contribution in [0.4, 0.5) is 0 Å². The molecule has 3 nitrogen and oxygen atoms in total. The van der Waals surface area contributed by atoms with Crippen LogP contribution in [0.5, 0.6) is 0 Å². The van der Waals surface area contributed by atoms with E-state index in [0.29, 0.717) is 12.1 Å². The Kier molecular flexibility index (Phi) is 6.86. The molecular weight excluding hydrogens is 318 g/mol. The Morgan fingerprint density at radius 3 is 2.62 bits per heavy atom. The molecule has 2 aromatic rings. The maximum Gasteiger partial charge on any atom is 0.0439 e.